The van der Waals surface area contributed by atoms with Crippen LogP contribution in [0.2, 0.25) is 0 Å². The lowest BCUT2D eigenvalue weighted by Crippen LogP contribution is -2.22. The molecule has 0 radical (unpaired) electrons. The van der Waals surface area contributed by atoms with Crippen LogP contribution >= 0.6 is 0 Å². The Labute approximate surface area is 191 Å². The van der Waals surface area contributed by atoms with Gasteiger partial charge in [-0.2, -0.15) is 0 Å². The smallest absolute Gasteiger partial charge is 0.246 e. The summed E-state index contributed by atoms with van der Waals surface area (Å²) in [5, 5.41) is 0.0883. The third-order valence-electron chi connectivity index (χ3n) is 5.02. The summed E-state index contributed by atoms with van der Waals surface area (Å²) in [4.78, 5) is 13.1. The minimum absolute atomic E-state index is 0.0577. The Morgan fingerprint density at radius 2 is 1.36 bits per heavy atom. The van der Waals surface area contributed by atoms with Gasteiger partial charge in [0.05, 0.1) is 35.5 Å². The number of nitrogens with zero attached hydrogens (tertiary/aromatic N) is 1. The Bertz CT molecular complexity index is 1360. The predicted molar refractivity (Wildman–Crippen MR) is 122 cm³/mol. The average Bonchev–Trinajstić information content (AvgIpc) is 2.81. The van der Waals surface area contributed by atoms with Gasteiger partial charge < -0.3 is 28.1 Å². The molecule has 0 spiro atoms. The predicted octanol–water partition coefficient (Wildman–Crippen LogP) is 2.75. The molecule has 1 aromatic heterocycles. The van der Waals surface area contributed by atoms with Crippen molar-refractivity contribution in [2.24, 2.45) is 0 Å². The van der Waals surface area contributed by atoms with Crippen LogP contribution in [0, 0.1) is 0 Å². The van der Waals surface area contributed by atoms with Gasteiger partial charge in [0.2, 0.25) is 27.3 Å². The van der Waals surface area contributed by atoms with Crippen molar-refractivity contribution in [1.29, 1.82) is 0 Å². The lowest BCUT2D eigenvalue weighted by atomic mass is 10.1. The molecule has 0 atom stereocenters. The van der Waals surface area contributed by atoms with Gasteiger partial charge in [-0.25, -0.2) is 12.7 Å². The summed E-state index contributed by atoms with van der Waals surface area (Å²) in [6, 6.07) is 5.69. The molecule has 0 saturated carbocycles. The van der Waals surface area contributed by atoms with Crippen LogP contribution in [0.3, 0.4) is 0 Å². The van der Waals surface area contributed by atoms with Crippen LogP contribution in [-0.2, 0) is 10.0 Å². The Kier molecular flexibility index (Phi) is 6.75. The maximum atomic E-state index is 13.2. The van der Waals surface area contributed by atoms with E-state index in [1.165, 1.54) is 67.8 Å². The maximum absolute atomic E-state index is 13.2. The van der Waals surface area contributed by atoms with Crippen molar-refractivity contribution < 1.29 is 36.5 Å². The summed E-state index contributed by atoms with van der Waals surface area (Å²) in [6.45, 7) is 0. The molecule has 2 aromatic carbocycles. The maximum Gasteiger partial charge on any atom is 0.246 e. The van der Waals surface area contributed by atoms with Gasteiger partial charge in [0.25, 0.3) is 0 Å². The van der Waals surface area contributed by atoms with Crippen LogP contribution in [0.4, 0.5) is 0 Å². The molecule has 1 heterocycles. The number of rotatable bonds is 8. The van der Waals surface area contributed by atoms with Gasteiger partial charge in [0, 0.05) is 25.7 Å². The Balaban J connectivity index is 2.41. The van der Waals surface area contributed by atoms with Gasteiger partial charge in [0.15, 0.2) is 16.8 Å². The van der Waals surface area contributed by atoms with E-state index >= 15 is 0 Å². The summed E-state index contributed by atoms with van der Waals surface area (Å²) in [5.74, 6) is 0.859. The third-order valence-corrected chi connectivity index (χ3v) is 6.86. The Morgan fingerprint density at radius 3 is 1.88 bits per heavy atom. The standard InChI is InChI=1S/C22H25NO9S/c1-23(2)33(25,26)16-10-12(8-9-14(16)27-3)15-11-13(24)17-18(28-4)20(29-5)22(31-7)21(30-6)19(17)32-15/h8-11H,1-7H3. The summed E-state index contributed by atoms with van der Waals surface area (Å²) in [5.41, 5.74) is -0.0523. The molecule has 0 aliphatic carbocycles. The molecule has 0 amide bonds. The van der Waals surface area contributed by atoms with Crippen LogP contribution in [0.1, 0.15) is 0 Å². The van der Waals surface area contributed by atoms with E-state index in [0.717, 1.165) is 4.31 Å². The number of ether oxygens (including phenoxy) is 5. The fraction of sp³-hybridized carbons (Fsp3) is 0.318. The van der Waals surface area contributed by atoms with E-state index in [1.807, 2.05) is 0 Å². The molecular formula is C22H25NO9S. The lowest BCUT2D eigenvalue weighted by Gasteiger charge is -2.18. The van der Waals surface area contributed by atoms with E-state index in [9.17, 15) is 13.2 Å². The van der Waals surface area contributed by atoms with Gasteiger partial charge in [0.1, 0.15) is 21.8 Å². The zero-order chi connectivity index (χ0) is 24.5. The van der Waals surface area contributed by atoms with E-state index < -0.39 is 15.5 Å². The zero-order valence-electron chi connectivity index (χ0n) is 19.3. The molecule has 3 aromatic rings. The van der Waals surface area contributed by atoms with Crippen LogP contribution in [0.5, 0.6) is 28.7 Å². The molecule has 0 aliphatic heterocycles. The van der Waals surface area contributed by atoms with E-state index in [2.05, 4.69) is 0 Å². The fourth-order valence-electron chi connectivity index (χ4n) is 3.41. The van der Waals surface area contributed by atoms with Crippen LogP contribution in [0.15, 0.2) is 38.4 Å². The molecular weight excluding hydrogens is 454 g/mol. The second-order valence-electron chi connectivity index (χ2n) is 6.97. The van der Waals surface area contributed by atoms with Crippen molar-refractivity contribution in [1.82, 2.24) is 4.31 Å². The topological polar surface area (TPSA) is 114 Å². The summed E-state index contributed by atoms with van der Waals surface area (Å²) >= 11 is 0. The van der Waals surface area contributed by atoms with Crippen molar-refractivity contribution in [2.75, 3.05) is 49.6 Å². The highest BCUT2D eigenvalue weighted by Gasteiger charge is 2.28. The first kappa shape index (κ1) is 24.2. The largest absolute Gasteiger partial charge is 0.495 e. The molecule has 0 unspecified atom stereocenters. The summed E-state index contributed by atoms with van der Waals surface area (Å²) < 4.78 is 59.6. The van der Waals surface area contributed by atoms with E-state index in [1.54, 1.807) is 6.07 Å². The summed E-state index contributed by atoms with van der Waals surface area (Å²) in [7, 11) is 5.96. The minimum Gasteiger partial charge on any atom is -0.495 e. The summed E-state index contributed by atoms with van der Waals surface area (Å²) in [6.07, 6.45) is 0. The van der Waals surface area contributed by atoms with Crippen molar-refractivity contribution >= 4 is 21.0 Å². The normalized spacial score (nSPS) is 11.5. The number of hydrogen-bond donors (Lipinski definition) is 0. The van der Waals surface area contributed by atoms with E-state index in [0.29, 0.717) is 5.56 Å². The number of methoxy groups -OCH3 is 5. The second-order valence-corrected chi connectivity index (χ2v) is 9.09. The van der Waals surface area contributed by atoms with Crippen molar-refractivity contribution in [3.63, 3.8) is 0 Å². The Morgan fingerprint density at radius 1 is 0.788 bits per heavy atom. The SMILES string of the molecule is COc1ccc(-c2cc(=O)c3c(OC)c(OC)c(OC)c(OC)c3o2)cc1S(=O)(=O)N(C)C. The van der Waals surface area contributed by atoms with Gasteiger partial charge in [-0.3, -0.25) is 4.79 Å². The highest BCUT2D eigenvalue weighted by atomic mass is 32.2. The van der Waals surface area contributed by atoms with Crippen LogP contribution in [-0.4, -0.2) is 62.4 Å². The molecule has 33 heavy (non-hydrogen) atoms. The molecule has 0 fully saturated rings. The fourth-order valence-corrected chi connectivity index (χ4v) is 4.49. The van der Waals surface area contributed by atoms with Crippen molar-refractivity contribution in [3.8, 4) is 40.1 Å². The van der Waals surface area contributed by atoms with E-state index in [-0.39, 0.29) is 50.4 Å². The number of sulfonamides is 1. The van der Waals surface area contributed by atoms with Gasteiger partial charge in [-0.15, -0.1) is 0 Å². The van der Waals surface area contributed by atoms with Crippen molar-refractivity contribution in [3.05, 3.63) is 34.5 Å². The highest BCUT2D eigenvalue weighted by molar-refractivity contribution is 7.89. The first-order valence-electron chi connectivity index (χ1n) is 9.60. The quantitative estimate of drug-likeness (QED) is 0.481. The number of hydrogen-bond acceptors (Lipinski definition) is 9. The van der Waals surface area contributed by atoms with E-state index in [4.69, 9.17) is 28.1 Å². The second kappa shape index (κ2) is 9.20. The molecule has 0 aliphatic rings. The number of benzene rings is 2. The first-order chi connectivity index (χ1) is 15.7. The minimum atomic E-state index is -3.84. The lowest BCUT2D eigenvalue weighted by molar-refractivity contribution is 0.307. The monoisotopic (exact) mass is 479 g/mol. The van der Waals surface area contributed by atoms with Crippen molar-refractivity contribution in [2.45, 2.75) is 4.90 Å². The van der Waals surface area contributed by atoms with Gasteiger partial charge in [-0.1, -0.05) is 0 Å². The molecule has 0 saturated heterocycles. The molecule has 10 nitrogen and oxygen atoms in total. The molecule has 178 valence electrons. The Hall–Kier alpha value is -3.44. The molecule has 0 bridgehead atoms. The number of fused-ring (bicyclic) bond motifs is 1. The zero-order valence-corrected chi connectivity index (χ0v) is 20.2. The molecule has 3 rings (SSSR count). The van der Waals surface area contributed by atoms with Crippen LogP contribution < -0.4 is 29.1 Å². The molecule has 0 N–H and O–H groups in total. The van der Waals surface area contributed by atoms with Crippen LogP contribution in [0.25, 0.3) is 22.3 Å². The average molecular weight is 480 g/mol. The highest BCUT2D eigenvalue weighted by Crippen LogP contribution is 2.50. The third kappa shape index (κ3) is 3.93. The molecule has 11 heteroatoms. The van der Waals surface area contributed by atoms with Gasteiger partial charge >= 0.3 is 0 Å². The van der Waals surface area contributed by atoms with Gasteiger partial charge in [-0.05, 0) is 18.2 Å². The first-order valence-corrected chi connectivity index (χ1v) is 11.0.